The molecule has 0 saturated carbocycles. The van der Waals surface area contributed by atoms with Crippen molar-refractivity contribution in [3.63, 3.8) is 0 Å². The molecule has 2 aliphatic heterocycles. The maximum Gasteiger partial charge on any atom is 0.237 e. The highest BCUT2D eigenvalue weighted by Gasteiger charge is 2.36. The van der Waals surface area contributed by atoms with Crippen LogP contribution >= 0.6 is 23.4 Å². The first-order valence-corrected chi connectivity index (χ1v) is 9.41. The Morgan fingerprint density at radius 3 is 2.62 bits per heavy atom. The highest BCUT2D eigenvalue weighted by Crippen LogP contribution is 2.38. The van der Waals surface area contributed by atoms with Crippen LogP contribution in [0.1, 0.15) is 17.5 Å². The third kappa shape index (κ3) is 2.93. The predicted molar refractivity (Wildman–Crippen MR) is 108 cm³/mol. The first-order chi connectivity index (χ1) is 12.5. The van der Waals surface area contributed by atoms with Gasteiger partial charge >= 0.3 is 0 Å². The van der Waals surface area contributed by atoms with Crippen LogP contribution in [0.25, 0.3) is 5.70 Å². The zero-order valence-corrected chi connectivity index (χ0v) is 15.6. The van der Waals surface area contributed by atoms with E-state index in [1.165, 1.54) is 22.2 Å². The molecule has 0 radical (unpaired) electrons. The first-order valence-electron chi connectivity index (χ1n) is 8.15. The monoisotopic (exact) mass is 381 g/mol. The summed E-state index contributed by atoms with van der Waals surface area (Å²) in [4.78, 5) is 13.9. The molecule has 0 atom stereocenters. The highest BCUT2D eigenvalue weighted by molar-refractivity contribution is 8.06. The summed E-state index contributed by atoms with van der Waals surface area (Å²) in [5.74, 6) is 0.0356. The van der Waals surface area contributed by atoms with E-state index < -0.39 is 0 Å². The van der Waals surface area contributed by atoms with E-state index >= 15 is 0 Å². The number of aryl methyl sites for hydroxylation is 1. The summed E-state index contributed by atoms with van der Waals surface area (Å²) in [5, 5.41) is 15.2. The van der Waals surface area contributed by atoms with E-state index in [4.69, 9.17) is 17.0 Å². The van der Waals surface area contributed by atoms with Crippen molar-refractivity contribution in [2.75, 3.05) is 4.90 Å². The van der Waals surface area contributed by atoms with Gasteiger partial charge in [-0.05, 0) is 24.6 Å². The van der Waals surface area contributed by atoms with Crippen LogP contribution in [-0.4, -0.2) is 11.7 Å². The molecule has 0 unspecified atom stereocenters. The fourth-order valence-electron chi connectivity index (χ4n) is 2.97. The Bertz CT molecular complexity index is 979. The Kier molecular flexibility index (Phi) is 4.34. The molecule has 0 aromatic heterocycles. The normalized spacial score (nSPS) is 19.8. The Hall–Kier alpha value is -2.50. The largest absolute Gasteiger partial charge is 0.349 e. The van der Waals surface area contributed by atoms with Gasteiger partial charge in [0.2, 0.25) is 5.91 Å². The van der Waals surface area contributed by atoms with Gasteiger partial charge in [-0.1, -0.05) is 65.3 Å². The minimum absolute atomic E-state index is 0.142. The van der Waals surface area contributed by atoms with Gasteiger partial charge in [0.1, 0.15) is 5.84 Å². The molecule has 1 fully saturated rings. The number of carbonyl (C=O) groups is 1. The lowest BCUT2D eigenvalue weighted by Gasteiger charge is -2.17. The third-order valence-corrected chi connectivity index (χ3v) is 5.62. The van der Waals surface area contributed by atoms with Crippen LogP contribution in [0.15, 0.2) is 64.5 Å². The number of nitrogens with one attached hydrogen (secondary N) is 2. The van der Waals surface area contributed by atoms with Gasteiger partial charge in [0.05, 0.1) is 27.9 Å². The Balaban J connectivity index is 1.61. The van der Waals surface area contributed by atoms with E-state index in [1.807, 2.05) is 17.5 Å². The molecule has 26 heavy (non-hydrogen) atoms. The van der Waals surface area contributed by atoms with Crippen LogP contribution < -0.4 is 10.2 Å². The molecule has 130 valence electrons. The maximum atomic E-state index is 12.5. The summed E-state index contributed by atoms with van der Waals surface area (Å²) < 4.78 is 0. The van der Waals surface area contributed by atoms with Crippen LogP contribution in [0.5, 0.6) is 0 Å². The number of para-hydroxylation sites is 1. The van der Waals surface area contributed by atoms with Crippen molar-refractivity contribution >= 4 is 46.5 Å². The molecule has 1 saturated heterocycles. The number of amides is 1. The number of carbonyl (C=O) groups excluding carboxylic acids is 1. The topological polar surface area (TPSA) is 56.2 Å². The molecule has 2 aromatic carbocycles. The van der Waals surface area contributed by atoms with Crippen LogP contribution in [-0.2, 0) is 4.79 Å². The number of benzene rings is 2. The second kappa shape index (κ2) is 6.67. The van der Waals surface area contributed by atoms with E-state index in [0.717, 1.165) is 16.3 Å². The molecule has 0 bridgehead atoms. The summed E-state index contributed by atoms with van der Waals surface area (Å²) in [6, 6.07) is 15.3. The number of halogens is 1. The zero-order chi connectivity index (χ0) is 18.3. The predicted octanol–water partition coefficient (Wildman–Crippen LogP) is 4.91. The number of nitrogens with zero attached hydrogens (tertiary/aromatic N) is 1. The number of rotatable bonds is 2. The summed E-state index contributed by atoms with van der Waals surface area (Å²) in [6.45, 7) is 2.05. The third-order valence-electron chi connectivity index (χ3n) is 4.36. The van der Waals surface area contributed by atoms with E-state index in [-0.39, 0.29) is 18.2 Å². The van der Waals surface area contributed by atoms with Gasteiger partial charge in [0.25, 0.3) is 0 Å². The average Bonchev–Trinajstić information content (AvgIpc) is 3.22. The molecule has 0 spiro atoms. The molecule has 1 amide bonds. The molecule has 2 N–H and O–H groups in total. The zero-order valence-electron chi connectivity index (χ0n) is 14.0. The Labute approximate surface area is 161 Å². The number of amidine groups is 1. The van der Waals surface area contributed by atoms with Crippen molar-refractivity contribution in [3.8, 4) is 0 Å². The second-order valence-corrected chi connectivity index (χ2v) is 7.44. The minimum Gasteiger partial charge on any atom is -0.349 e. The van der Waals surface area contributed by atoms with Crippen molar-refractivity contribution in [3.05, 3.63) is 80.7 Å². The summed E-state index contributed by atoms with van der Waals surface area (Å²) in [6.07, 6.45) is 0.189. The number of hydrogen-bond acceptors (Lipinski definition) is 4. The summed E-state index contributed by atoms with van der Waals surface area (Å²) in [5.41, 5.74) is 4.51. The smallest absolute Gasteiger partial charge is 0.237 e. The molecule has 0 aliphatic carbocycles. The molecule has 4 rings (SSSR count). The van der Waals surface area contributed by atoms with Gasteiger partial charge in [-0.3, -0.25) is 15.1 Å². The molecule has 2 aliphatic rings. The van der Waals surface area contributed by atoms with E-state index in [0.29, 0.717) is 16.3 Å². The van der Waals surface area contributed by atoms with Crippen LogP contribution in [0.3, 0.4) is 0 Å². The van der Waals surface area contributed by atoms with Crippen molar-refractivity contribution in [1.29, 1.82) is 5.41 Å². The lowest BCUT2D eigenvalue weighted by atomic mass is 10.1. The Morgan fingerprint density at radius 2 is 1.88 bits per heavy atom. The number of hydrogen-bond donors (Lipinski definition) is 2. The van der Waals surface area contributed by atoms with Crippen LogP contribution in [0, 0.1) is 12.3 Å². The van der Waals surface area contributed by atoms with Crippen LogP contribution in [0.2, 0.25) is 5.02 Å². The van der Waals surface area contributed by atoms with Gasteiger partial charge < -0.3 is 5.32 Å². The van der Waals surface area contributed by atoms with Crippen molar-refractivity contribution in [1.82, 2.24) is 5.32 Å². The van der Waals surface area contributed by atoms with E-state index in [1.54, 1.807) is 12.1 Å². The van der Waals surface area contributed by atoms with Crippen molar-refractivity contribution in [2.45, 2.75) is 13.3 Å². The van der Waals surface area contributed by atoms with Crippen molar-refractivity contribution in [2.24, 2.45) is 0 Å². The molecular formula is C20H16ClN3OS. The fourth-order valence-corrected chi connectivity index (χ4v) is 4.10. The molecular weight excluding hydrogens is 366 g/mol. The van der Waals surface area contributed by atoms with E-state index in [9.17, 15) is 4.79 Å². The molecule has 2 aromatic rings. The fraction of sp³-hybridized carbons (Fsp3) is 0.100. The maximum absolute atomic E-state index is 12.5. The molecule has 4 nitrogen and oxygen atoms in total. The standard InChI is InChI=1S/C20H16ClN3OS/c1-12-6-8-13(9-7-12)16-11-26-20(23-16)14-10-18(25)24(19(14)22)17-5-3-2-4-15(17)21/h2-9,11,22-23H,10H2,1H3/b20-14-,22-19?. The summed E-state index contributed by atoms with van der Waals surface area (Å²) >= 11 is 7.73. The molecule has 2 heterocycles. The second-order valence-electron chi connectivity index (χ2n) is 6.15. The minimum atomic E-state index is -0.142. The van der Waals surface area contributed by atoms with Gasteiger partial charge in [-0.2, -0.15) is 0 Å². The van der Waals surface area contributed by atoms with E-state index in [2.05, 4.69) is 36.5 Å². The van der Waals surface area contributed by atoms with Gasteiger partial charge in [0.15, 0.2) is 0 Å². The lowest BCUT2D eigenvalue weighted by molar-refractivity contribution is -0.116. The number of thioether (sulfide) groups is 1. The van der Waals surface area contributed by atoms with Crippen LogP contribution in [0.4, 0.5) is 5.69 Å². The Morgan fingerprint density at radius 1 is 1.15 bits per heavy atom. The quantitative estimate of drug-likeness (QED) is 0.777. The van der Waals surface area contributed by atoms with Gasteiger partial charge in [0, 0.05) is 11.0 Å². The highest BCUT2D eigenvalue weighted by atomic mass is 35.5. The SMILES string of the molecule is Cc1ccc(C2=CS/C(=C3/CC(=O)N(c4ccccc4Cl)C3=N)N2)cc1. The molecule has 6 heteroatoms. The van der Waals surface area contributed by atoms with Gasteiger partial charge in [-0.25, -0.2) is 0 Å². The van der Waals surface area contributed by atoms with Gasteiger partial charge in [-0.15, -0.1) is 0 Å². The number of anilines is 1. The first kappa shape index (κ1) is 16.9. The van der Waals surface area contributed by atoms with Crippen molar-refractivity contribution < 1.29 is 4.79 Å². The summed E-state index contributed by atoms with van der Waals surface area (Å²) in [7, 11) is 0. The lowest BCUT2D eigenvalue weighted by Crippen LogP contribution is -2.29. The average molecular weight is 382 g/mol.